The van der Waals surface area contributed by atoms with Gasteiger partial charge in [-0.2, -0.15) is 0 Å². The monoisotopic (exact) mass is 356 g/mol. The van der Waals surface area contributed by atoms with Gasteiger partial charge in [-0.15, -0.1) is 0 Å². The van der Waals surface area contributed by atoms with E-state index in [0.717, 1.165) is 16.0 Å². The van der Waals surface area contributed by atoms with Crippen LogP contribution >= 0.6 is 20.0 Å². The fraction of sp³-hybridized carbons (Fsp3) is 0.0526. The van der Waals surface area contributed by atoms with Crippen LogP contribution in [0.15, 0.2) is 95.9 Å². The van der Waals surface area contributed by atoms with Crippen LogP contribution in [-0.4, -0.2) is 4.89 Å². The molecule has 0 heterocycles. The van der Waals surface area contributed by atoms with Crippen molar-refractivity contribution in [3.63, 3.8) is 0 Å². The van der Waals surface area contributed by atoms with Crippen LogP contribution in [0.5, 0.6) is 0 Å². The molecule has 1 unspecified atom stereocenters. The minimum absolute atomic E-state index is 0.817. The predicted molar refractivity (Wildman–Crippen MR) is 98.3 cm³/mol. The highest BCUT2D eigenvalue weighted by atomic mass is 32.2. The van der Waals surface area contributed by atoms with Crippen LogP contribution in [0.1, 0.15) is 11.1 Å². The first kappa shape index (κ1) is 17.0. The summed E-state index contributed by atoms with van der Waals surface area (Å²) >= 11 is 1.41. The van der Waals surface area contributed by atoms with Gasteiger partial charge in [-0.1, -0.05) is 90.6 Å². The maximum absolute atomic E-state index is 11.7. The Balaban J connectivity index is 2.18. The Hall–Kier alpha value is -1.84. The number of hydrogen-bond donors (Lipinski definition) is 1. The van der Waals surface area contributed by atoms with E-state index < -0.39 is 13.2 Å². The molecule has 3 rings (SSSR count). The van der Waals surface area contributed by atoms with Crippen LogP contribution in [0.2, 0.25) is 0 Å². The summed E-state index contributed by atoms with van der Waals surface area (Å²) in [5, 5.41) is 0. The fourth-order valence-electron chi connectivity index (χ4n) is 2.52. The van der Waals surface area contributed by atoms with Gasteiger partial charge in [0, 0.05) is 4.90 Å². The zero-order chi connectivity index (χ0) is 16.8. The van der Waals surface area contributed by atoms with Crippen molar-refractivity contribution in [1.82, 2.24) is 0 Å². The summed E-state index contributed by atoms with van der Waals surface area (Å²) in [5.41, 5.74) is 1.63. The molecular weight excluding hydrogens is 339 g/mol. The normalized spacial score (nSPS) is 12.7. The van der Waals surface area contributed by atoms with E-state index in [4.69, 9.17) is 4.52 Å². The molecular formula is C19H17O3PS. The average molecular weight is 356 g/mol. The Morgan fingerprint density at radius 3 is 1.58 bits per heavy atom. The van der Waals surface area contributed by atoms with Crippen molar-refractivity contribution in [2.45, 2.75) is 9.83 Å². The highest BCUT2D eigenvalue weighted by Crippen LogP contribution is 2.51. The third-order valence-corrected chi connectivity index (χ3v) is 5.52. The molecule has 1 atom stereocenters. The van der Waals surface area contributed by atoms with E-state index in [2.05, 4.69) is 0 Å². The summed E-state index contributed by atoms with van der Waals surface area (Å²) < 4.78 is 17.4. The molecule has 24 heavy (non-hydrogen) atoms. The smallest absolute Gasteiger partial charge is 0.318 e. The highest BCUT2D eigenvalue weighted by molar-refractivity contribution is 8.00. The molecule has 0 aromatic heterocycles. The van der Waals surface area contributed by atoms with Gasteiger partial charge in [-0.3, -0.25) is 9.09 Å². The molecule has 0 spiro atoms. The SMILES string of the molecule is O=[PH](O)OC(Sc1ccccc1)(c1ccccc1)c1ccccc1. The Labute approximate surface area is 146 Å². The molecule has 0 saturated carbocycles. The molecule has 1 N–H and O–H groups in total. The maximum Gasteiger partial charge on any atom is 0.318 e. The van der Waals surface area contributed by atoms with E-state index in [1.165, 1.54) is 11.8 Å². The lowest BCUT2D eigenvalue weighted by atomic mass is 10.0. The molecule has 0 aliphatic rings. The van der Waals surface area contributed by atoms with Crippen molar-refractivity contribution in [2.75, 3.05) is 0 Å². The van der Waals surface area contributed by atoms with E-state index >= 15 is 0 Å². The van der Waals surface area contributed by atoms with Crippen LogP contribution in [-0.2, 0) is 14.0 Å². The molecule has 0 aliphatic carbocycles. The van der Waals surface area contributed by atoms with Crippen LogP contribution in [0.25, 0.3) is 0 Å². The summed E-state index contributed by atoms with van der Waals surface area (Å²) in [6.07, 6.45) is 0. The van der Waals surface area contributed by atoms with E-state index in [0.29, 0.717) is 0 Å². The van der Waals surface area contributed by atoms with Crippen molar-refractivity contribution in [3.05, 3.63) is 102 Å². The first-order valence-electron chi connectivity index (χ1n) is 7.48. The first-order chi connectivity index (χ1) is 11.7. The Bertz CT molecular complexity index is 755. The summed E-state index contributed by atoms with van der Waals surface area (Å²) in [6, 6.07) is 28.8. The van der Waals surface area contributed by atoms with Gasteiger partial charge < -0.3 is 4.89 Å². The molecule has 3 nitrogen and oxygen atoms in total. The molecule has 0 saturated heterocycles. The Kier molecular flexibility index (Phi) is 5.54. The largest absolute Gasteiger partial charge is 0.326 e. The summed E-state index contributed by atoms with van der Waals surface area (Å²) in [4.78, 5) is 9.46. The van der Waals surface area contributed by atoms with Crippen molar-refractivity contribution >= 4 is 20.0 Å². The molecule has 3 aromatic rings. The molecule has 0 bridgehead atoms. The van der Waals surface area contributed by atoms with E-state index in [1.807, 2.05) is 91.0 Å². The van der Waals surface area contributed by atoms with Crippen molar-refractivity contribution in [1.29, 1.82) is 0 Å². The topological polar surface area (TPSA) is 46.5 Å². The van der Waals surface area contributed by atoms with Gasteiger partial charge in [-0.25, -0.2) is 0 Å². The number of benzene rings is 3. The molecule has 0 radical (unpaired) electrons. The van der Waals surface area contributed by atoms with E-state index in [-0.39, 0.29) is 0 Å². The van der Waals surface area contributed by atoms with Crippen molar-refractivity contribution in [2.24, 2.45) is 0 Å². The van der Waals surface area contributed by atoms with Gasteiger partial charge in [0.25, 0.3) is 0 Å². The van der Waals surface area contributed by atoms with Crippen LogP contribution < -0.4 is 0 Å². The fourth-order valence-corrected chi connectivity index (χ4v) is 4.51. The third kappa shape index (κ3) is 3.80. The zero-order valence-electron chi connectivity index (χ0n) is 12.8. The Morgan fingerprint density at radius 2 is 1.17 bits per heavy atom. The summed E-state index contributed by atoms with van der Waals surface area (Å²) in [6.45, 7) is 0. The molecule has 0 amide bonds. The second-order valence-corrected chi connectivity index (χ2v) is 7.12. The second kappa shape index (κ2) is 7.82. The average Bonchev–Trinajstić information content (AvgIpc) is 2.63. The van der Waals surface area contributed by atoms with Gasteiger partial charge in [0.2, 0.25) is 0 Å². The highest BCUT2D eigenvalue weighted by Gasteiger charge is 2.38. The van der Waals surface area contributed by atoms with Crippen molar-refractivity contribution < 1.29 is 14.0 Å². The third-order valence-electron chi connectivity index (χ3n) is 3.54. The zero-order valence-corrected chi connectivity index (χ0v) is 14.6. The lowest BCUT2D eigenvalue weighted by Crippen LogP contribution is -2.25. The van der Waals surface area contributed by atoms with Crippen LogP contribution in [0, 0.1) is 0 Å². The predicted octanol–water partition coefficient (Wildman–Crippen LogP) is 5.08. The van der Waals surface area contributed by atoms with E-state index in [1.54, 1.807) is 0 Å². The van der Waals surface area contributed by atoms with Gasteiger partial charge in [0.15, 0.2) is 4.93 Å². The van der Waals surface area contributed by atoms with Crippen LogP contribution in [0.3, 0.4) is 0 Å². The van der Waals surface area contributed by atoms with Gasteiger partial charge in [0.1, 0.15) is 0 Å². The number of hydrogen-bond acceptors (Lipinski definition) is 3. The molecule has 5 heteroatoms. The summed E-state index contributed by atoms with van der Waals surface area (Å²) in [5.74, 6) is 0. The lowest BCUT2D eigenvalue weighted by Gasteiger charge is -2.33. The van der Waals surface area contributed by atoms with Gasteiger partial charge in [0.05, 0.1) is 0 Å². The number of thioether (sulfide) groups is 1. The minimum Gasteiger partial charge on any atom is -0.326 e. The minimum atomic E-state index is -3.17. The van der Waals surface area contributed by atoms with Crippen LogP contribution in [0.4, 0.5) is 0 Å². The standard InChI is InChI=1S/C19H17O3PS/c20-23(21)22-19(16-10-4-1-5-11-16,17-12-6-2-7-13-17)24-18-14-8-3-9-15-18/h1-15,23H,(H,20,21). The quantitative estimate of drug-likeness (QED) is 0.380. The maximum atomic E-state index is 11.7. The molecule has 0 aliphatic heterocycles. The Morgan fingerprint density at radius 1 is 0.750 bits per heavy atom. The second-order valence-electron chi connectivity index (χ2n) is 5.13. The molecule has 3 aromatic carbocycles. The molecule has 0 fully saturated rings. The number of rotatable bonds is 6. The van der Waals surface area contributed by atoms with Crippen molar-refractivity contribution in [3.8, 4) is 0 Å². The molecule has 122 valence electrons. The summed E-state index contributed by atoms with van der Waals surface area (Å²) in [7, 11) is -3.17. The van der Waals surface area contributed by atoms with Gasteiger partial charge in [-0.05, 0) is 23.3 Å². The lowest BCUT2D eigenvalue weighted by molar-refractivity contribution is 0.194. The van der Waals surface area contributed by atoms with E-state index in [9.17, 15) is 9.46 Å². The van der Waals surface area contributed by atoms with Gasteiger partial charge >= 0.3 is 8.25 Å². The first-order valence-corrected chi connectivity index (χ1v) is 9.56.